The standard InChI is InChI=1S/C20H21BrO3/c1-3-23-20(24-4-2)17-8-5-15(6-9-17)7-14-19(22)16-10-12-18(21)13-11-16/h5-14,20H,3-4H2,1-2H3. The summed E-state index contributed by atoms with van der Waals surface area (Å²) in [6.07, 6.45) is 3.05. The second-order valence-corrected chi connectivity index (χ2v) is 6.03. The summed E-state index contributed by atoms with van der Waals surface area (Å²) in [6.45, 7) is 5.07. The first kappa shape index (κ1) is 18.6. The Bertz CT molecular complexity index is 669. The Morgan fingerprint density at radius 2 is 1.58 bits per heavy atom. The minimum Gasteiger partial charge on any atom is -0.349 e. The summed E-state index contributed by atoms with van der Waals surface area (Å²) in [4.78, 5) is 12.1. The van der Waals surface area contributed by atoms with Gasteiger partial charge in [0.15, 0.2) is 12.1 Å². The SMILES string of the molecule is CCOC(OCC)c1ccc(C=CC(=O)c2ccc(Br)cc2)cc1. The molecule has 0 amide bonds. The van der Waals surface area contributed by atoms with Crippen LogP contribution < -0.4 is 0 Å². The molecular formula is C20H21BrO3. The second kappa shape index (κ2) is 9.52. The van der Waals surface area contributed by atoms with Gasteiger partial charge in [0.25, 0.3) is 0 Å². The fourth-order valence-electron chi connectivity index (χ4n) is 2.19. The molecule has 0 unspecified atom stereocenters. The molecule has 2 rings (SSSR count). The Balaban J connectivity index is 2.04. The van der Waals surface area contributed by atoms with E-state index in [2.05, 4.69) is 15.9 Å². The predicted octanol–water partition coefficient (Wildman–Crippen LogP) is 5.42. The van der Waals surface area contributed by atoms with Gasteiger partial charge in [0.05, 0.1) is 0 Å². The Labute approximate surface area is 151 Å². The predicted molar refractivity (Wildman–Crippen MR) is 99.9 cm³/mol. The Hall–Kier alpha value is -1.75. The molecule has 2 aromatic rings. The van der Waals surface area contributed by atoms with Gasteiger partial charge >= 0.3 is 0 Å². The number of ether oxygens (including phenoxy) is 2. The van der Waals surface area contributed by atoms with E-state index in [1.54, 1.807) is 18.2 Å². The van der Waals surface area contributed by atoms with Crippen LogP contribution in [0.3, 0.4) is 0 Å². The minimum atomic E-state index is -0.345. The van der Waals surface area contributed by atoms with Crippen LogP contribution in [0.15, 0.2) is 59.1 Å². The number of rotatable bonds is 8. The lowest BCUT2D eigenvalue weighted by molar-refractivity contribution is -0.140. The van der Waals surface area contributed by atoms with Gasteiger partial charge in [-0.1, -0.05) is 46.3 Å². The number of halogens is 1. The summed E-state index contributed by atoms with van der Waals surface area (Å²) in [5.41, 5.74) is 2.59. The Morgan fingerprint density at radius 1 is 1.00 bits per heavy atom. The van der Waals surface area contributed by atoms with Gasteiger partial charge < -0.3 is 9.47 Å². The average Bonchev–Trinajstić information content (AvgIpc) is 2.60. The van der Waals surface area contributed by atoms with E-state index >= 15 is 0 Å². The lowest BCUT2D eigenvalue weighted by atomic mass is 10.1. The smallest absolute Gasteiger partial charge is 0.185 e. The molecule has 0 saturated carbocycles. The van der Waals surface area contributed by atoms with Crippen LogP contribution in [0.4, 0.5) is 0 Å². The van der Waals surface area contributed by atoms with Crippen LogP contribution in [0, 0.1) is 0 Å². The number of carbonyl (C=O) groups is 1. The van der Waals surface area contributed by atoms with Gasteiger partial charge in [-0.05, 0) is 49.8 Å². The van der Waals surface area contributed by atoms with Crippen LogP contribution in [0.2, 0.25) is 0 Å². The molecule has 3 nitrogen and oxygen atoms in total. The van der Waals surface area contributed by atoms with E-state index in [0.29, 0.717) is 18.8 Å². The summed E-state index contributed by atoms with van der Waals surface area (Å²) < 4.78 is 12.1. The van der Waals surface area contributed by atoms with Crippen molar-refractivity contribution >= 4 is 27.8 Å². The van der Waals surface area contributed by atoms with Crippen LogP contribution in [-0.2, 0) is 9.47 Å². The molecule has 2 aromatic carbocycles. The van der Waals surface area contributed by atoms with Crippen molar-refractivity contribution in [1.82, 2.24) is 0 Å². The zero-order chi connectivity index (χ0) is 17.4. The van der Waals surface area contributed by atoms with Crippen molar-refractivity contribution in [2.24, 2.45) is 0 Å². The van der Waals surface area contributed by atoms with Crippen molar-refractivity contribution in [3.8, 4) is 0 Å². The fraction of sp³-hybridized carbons (Fsp3) is 0.250. The minimum absolute atomic E-state index is 0.0203. The van der Waals surface area contributed by atoms with Crippen molar-refractivity contribution in [1.29, 1.82) is 0 Å². The molecule has 126 valence electrons. The van der Waals surface area contributed by atoms with E-state index in [-0.39, 0.29) is 12.1 Å². The van der Waals surface area contributed by atoms with Crippen LogP contribution in [0.1, 0.15) is 41.6 Å². The van der Waals surface area contributed by atoms with Gasteiger partial charge in [0.2, 0.25) is 0 Å². The normalized spacial score (nSPS) is 11.3. The molecule has 0 aromatic heterocycles. The van der Waals surface area contributed by atoms with Gasteiger partial charge in [-0.25, -0.2) is 0 Å². The molecule has 0 aliphatic heterocycles. The highest BCUT2D eigenvalue weighted by atomic mass is 79.9. The van der Waals surface area contributed by atoms with E-state index in [1.165, 1.54) is 0 Å². The van der Waals surface area contributed by atoms with Gasteiger partial charge in [-0.2, -0.15) is 0 Å². The average molecular weight is 389 g/mol. The molecule has 0 heterocycles. The number of hydrogen-bond acceptors (Lipinski definition) is 3. The lowest BCUT2D eigenvalue weighted by Gasteiger charge is -2.17. The Kier molecular flexibility index (Phi) is 7.37. The summed E-state index contributed by atoms with van der Waals surface area (Å²) in [7, 11) is 0. The molecule has 24 heavy (non-hydrogen) atoms. The maximum Gasteiger partial charge on any atom is 0.185 e. The zero-order valence-electron chi connectivity index (χ0n) is 13.9. The van der Waals surface area contributed by atoms with Crippen molar-refractivity contribution in [3.63, 3.8) is 0 Å². The van der Waals surface area contributed by atoms with Crippen molar-refractivity contribution in [2.45, 2.75) is 20.1 Å². The largest absolute Gasteiger partial charge is 0.349 e. The first-order valence-corrected chi connectivity index (χ1v) is 8.74. The van der Waals surface area contributed by atoms with Crippen LogP contribution in [0.5, 0.6) is 0 Å². The summed E-state index contributed by atoms with van der Waals surface area (Å²) in [5, 5.41) is 0. The van der Waals surface area contributed by atoms with E-state index in [9.17, 15) is 4.79 Å². The van der Waals surface area contributed by atoms with Gasteiger partial charge in [-0.3, -0.25) is 4.79 Å². The van der Waals surface area contributed by atoms with E-state index < -0.39 is 0 Å². The number of hydrogen-bond donors (Lipinski definition) is 0. The third kappa shape index (κ3) is 5.41. The first-order valence-electron chi connectivity index (χ1n) is 7.95. The molecule has 0 radical (unpaired) electrons. The Morgan fingerprint density at radius 3 is 2.12 bits per heavy atom. The molecular weight excluding hydrogens is 368 g/mol. The summed E-state index contributed by atoms with van der Waals surface area (Å²) >= 11 is 3.36. The van der Waals surface area contributed by atoms with Gasteiger partial charge in [0, 0.05) is 28.8 Å². The third-order valence-corrected chi connectivity index (χ3v) is 3.93. The van der Waals surface area contributed by atoms with Crippen LogP contribution in [0.25, 0.3) is 6.08 Å². The molecule has 0 spiro atoms. The number of ketones is 1. The highest BCUT2D eigenvalue weighted by molar-refractivity contribution is 9.10. The summed E-state index contributed by atoms with van der Waals surface area (Å²) in [6, 6.07) is 15.1. The second-order valence-electron chi connectivity index (χ2n) is 5.11. The first-order chi connectivity index (χ1) is 11.6. The van der Waals surface area contributed by atoms with Crippen molar-refractivity contribution < 1.29 is 14.3 Å². The lowest BCUT2D eigenvalue weighted by Crippen LogP contribution is -2.08. The molecule has 0 aliphatic rings. The number of carbonyl (C=O) groups excluding carboxylic acids is 1. The maximum absolute atomic E-state index is 12.1. The van der Waals surface area contributed by atoms with Crippen LogP contribution in [-0.4, -0.2) is 19.0 Å². The molecule has 0 atom stereocenters. The fourth-order valence-corrected chi connectivity index (χ4v) is 2.45. The number of allylic oxidation sites excluding steroid dienone is 1. The number of benzene rings is 2. The van der Waals surface area contributed by atoms with E-state index in [4.69, 9.17) is 9.47 Å². The van der Waals surface area contributed by atoms with Gasteiger partial charge in [0.1, 0.15) is 0 Å². The molecule has 0 N–H and O–H groups in total. The molecule has 0 bridgehead atoms. The topological polar surface area (TPSA) is 35.5 Å². The highest BCUT2D eigenvalue weighted by Crippen LogP contribution is 2.20. The monoisotopic (exact) mass is 388 g/mol. The van der Waals surface area contributed by atoms with Gasteiger partial charge in [-0.15, -0.1) is 0 Å². The van der Waals surface area contributed by atoms with E-state index in [0.717, 1.165) is 15.6 Å². The summed E-state index contributed by atoms with van der Waals surface area (Å²) in [5.74, 6) is -0.0203. The van der Waals surface area contributed by atoms with E-state index in [1.807, 2.05) is 56.3 Å². The molecule has 0 fully saturated rings. The maximum atomic E-state index is 12.1. The highest BCUT2D eigenvalue weighted by Gasteiger charge is 2.10. The molecule has 4 heteroatoms. The molecule has 0 saturated heterocycles. The molecule has 0 aliphatic carbocycles. The third-order valence-electron chi connectivity index (χ3n) is 3.40. The zero-order valence-corrected chi connectivity index (χ0v) is 15.5. The van der Waals surface area contributed by atoms with Crippen LogP contribution >= 0.6 is 15.9 Å². The van der Waals surface area contributed by atoms with Crippen molar-refractivity contribution in [3.05, 3.63) is 75.8 Å². The van der Waals surface area contributed by atoms with Crippen molar-refractivity contribution in [2.75, 3.05) is 13.2 Å². The quantitative estimate of drug-likeness (QED) is 0.344.